The highest BCUT2D eigenvalue weighted by atomic mass is 19.1. The first kappa shape index (κ1) is 13.8. The molecule has 1 atom stereocenters. The van der Waals surface area contributed by atoms with Crippen LogP contribution in [0.4, 0.5) is 4.39 Å². The van der Waals surface area contributed by atoms with E-state index in [1.165, 1.54) is 12.1 Å². The third-order valence-corrected chi connectivity index (χ3v) is 3.08. The number of hydrogen-bond donors (Lipinski definition) is 2. The molecule has 19 heavy (non-hydrogen) atoms. The highest BCUT2D eigenvalue weighted by Crippen LogP contribution is 2.11. The smallest absolute Gasteiger partial charge is 0.237 e. The number of amides is 1. The number of ether oxygens (including phenoxy) is 1. The molecule has 1 fully saturated rings. The molecule has 1 saturated heterocycles. The topological polar surface area (TPSA) is 50.4 Å². The predicted molar refractivity (Wildman–Crippen MR) is 70.5 cm³/mol. The Kier molecular flexibility index (Phi) is 5.15. The van der Waals surface area contributed by atoms with E-state index in [0.29, 0.717) is 18.9 Å². The average molecular weight is 266 g/mol. The Hall–Kier alpha value is -1.62. The summed E-state index contributed by atoms with van der Waals surface area (Å²) in [5, 5.41) is 6.03. The van der Waals surface area contributed by atoms with Gasteiger partial charge in [-0.15, -0.1) is 0 Å². The molecule has 4 nitrogen and oxygen atoms in total. The summed E-state index contributed by atoms with van der Waals surface area (Å²) in [6, 6.07) is 5.89. The van der Waals surface area contributed by atoms with E-state index in [1.807, 2.05) is 0 Å². The lowest BCUT2D eigenvalue weighted by molar-refractivity contribution is -0.122. The summed E-state index contributed by atoms with van der Waals surface area (Å²) in [7, 11) is 0. The van der Waals surface area contributed by atoms with Crippen molar-refractivity contribution in [3.63, 3.8) is 0 Å². The van der Waals surface area contributed by atoms with Crippen LogP contribution in [0, 0.1) is 5.82 Å². The van der Waals surface area contributed by atoms with Gasteiger partial charge >= 0.3 is 0 Å². The Balaban J connectivity index is 1.56. The monoisotopic (exact) mass is 266 g/mol. The Bertz CT molecular complexity index is 402. The van der Waals surface area contributed by atoms with Crippen LogP contribution < -0.4 is 15.4 Å². The van der Waals surface area contributed by atoms with Crippen molar-refractivity contribution in [1.82, 2.24) is 10.6 Å². The Morgan fingerprint density at radius 1 is 1.42 bits per heavy atom. The van der Waals surface area contributed by atoms with Gasteiger partial charge in [-0.2, -0.15) is 0 Å². The summed E-state index contributed by atoms with van der Waals surface area (Å²) in [6.45, 7) is 2.02. The van der Waals surface area contributed by atoms with E-state index in [-0.39, 0.29) is 17.8 Å². The zero-order chi connectivity index (χ0) is 13.5. The van der Waals surface area contributed by atoms with Gasteiger partial charge in [-0.05, 0) is 50.1 Å². The molecular weight excluding hydrogens is 247 g/mol. The number of halogens is 1. The van der Waals surface area contributed by atoms with Crippen molar-refractivity contribution in [1.29, 1.82) is 0 Å². The lowest BCUT2D eigenvalue weighted by atomic mass is 10.2. The van der Waals surface area contributed by atoms with Crippen molar-refractivity contribution in [2.45, 2.75) is 25.3 Å². The molecule has 104 valence electrons. The molecule has 0 radical (unpaired) electrons. The Morgan fingerprint density at radius 2 is 2.21 bits per heavy atom. The van der Waals surface area contributed by atoms with Crippen molar-refractivity contribution in [2.24, 2.45) is 0 Å². The van der Waals surface area contributed by atoms with E-state index >= 15 is 0 Å². The normalized spacial score (nSPS) is 18.3. The fourth-order valence-electron chi connectivity index (χ4n) is 2.04. The van der Waals surface area contributed by atoms with Crippen molar-refractivity contribution < 1.29 is 13.9 Å². The van der Waals surface area contributed by atoms with Crippen molar-refractivity contribution in [3.05, 3.63) is 30.1 Å². The second kappa shape index (κ2) is 7.09. The van der Waals surface area contributed by atoms with Gasteiger partial charge in [-0.1, -0.05) is 0 Å². The number of hydrogen-bond acceptors (Lipinski definition) is 3. The van der Waals surface area contributed by atoms with E-state index in [1.54, 1.807) is 12.1 Å². The van der Waals surface area contributed by atoms with Crippen LogP contribution in [0.25, 0.3) is 0 Å². The molecule has 1 amide bonds. The van der Waals surface area contributed by atoms with Crippen LogP contribution in [-0.4, -0.2) is 31.6 Å². The van der Waals surface area contributed by atoms with E-state index in [0.717, 1.165) is 25.8 Å². The van der Waals surface area contributed by atoms with Gasteiger partial charge < -0.3 is 15.4 Å². The predicted octanol–water partition coefficient (Wildman–Crippen LogP) is 1.46. The number of carbonyl (C=O) groups excluding carboxylic acids is 1. The third-order valence-electron chi connectivity index (χ3n) is 3.08. The SMILES string of the molecule is O=C(NCCCOc1ccc(F)cc1)C1CCCN1. The molecule has 5 heteroatoms. The fraction of sp³-hybridized carbons (Fsp3) is 0.500. The van der Waals surface area contributed by atoms with Crippen LogP contribution in [0.3, 0.4) is 0 Å². The molecule has 1 aliphatic rings. The number of carbonyl (C=O) groups is 1. The molecule has 0 spiro atoms. The lowest BCUT2D eigenvalue weighted by Gasteiger charge is -2.11. The summed E-state index contributed by atoms with van der Waals surface area (Å²) in [5.74, 6) is 0.438. The van der Waals surface area contributed by atoms with E-state index in [4.69, 9.17) is 4.74 Å². The van der Waals surface area contributed by atoms with Gasteiger partial charge in [0.2, 0.25) is 5.91 Å². The minimum Gasteiger partial charge on any atom is -0.494 e. The first-order valence-electron chi connectivity index (χ1n) is 6.65. The molecule has 0 saturated carbocycles. The quantitative estimate of drug-likeness (QED) is 0.766. The summed E-state index contributed by atoms with van der Waals surface area (Å²) in [6.07, 6.45) is 2.71. The number of benzene rings is 1. The van der Waals surface area contributed by atoms with Crippen molar-refractivity contribution >= 4 is 5.91 Å². The summed E-state index contributed by atoms with van der Waals surface area (Å²) in [5.41, 5.74) is 0. The molecule has 1 unspecified atom stereocenters. The van der Waals surface area contributed by atoms with E-state index in [2.05, 4.69) is 10.6 Å². The van der Waals surface area contributed by atoms with Gasteiger partial charge in [0.15, 0.2) is 0 Å². The summed E-state index contributed by atoms with van der Waals surface area (Å²) in [4.78, 5) is 11.7. The first-order chi connectivity index (χ1) is 9.25. The first-order valence-corrected chi connectivity index (χ1v) is 6.65. The van der Waals surface area contributed by atoms with Crippen LogP contribution in [0.15, 0.2) is 24.3 Å². The lowest BCUT2D eigenvalue weighted by Crippen LogP contribution is -2.40. The van der Waals surface area contributed by atoms with Gasteiger partial charge in [0.05, 0.1) is 12.6 Å². The Morgan fingerprint density at radius 3 is 2.89 bits per heavy atom. The van der Waals surface area contributed by atoms with E-state index in [9.17, 15) is 9.18 Å². The number of rotatable bonds is 6. The maximum Gasteiger partial charge on any atom is 0.237 e. The molecule has 1 aromatic carbocycles. The van der Waals surface area contributed by atoms with Gasteiger partial charge in [0, 0.05) is 6.54 Å². The van der Waals surface area contributed by atoms with Gasteiger partial charge in [0.25, 0.3) is 0 Å². The zero-order valence-corrected chi connectivity index (χ0v) is 10.8. The van der Waals surface area contributed by atoms with Gasteiger partial charge in [-0.3, -0.25) is 4.79 Å². The summed E-state index contributed by atoms with van der Waals surface area (Å²) >= 11 is 0. The van der Waals surface area contributed by atoms with Crippen molar-refractivity contribution in [2.75, 3.05) is 19.7 Å². The van der Waals surface area contributed by atoms with Gasteiger partial charge in [0.1, 0.15) is 11.6 Å². The molecule has 0 bridgehead atoms. The minimum atomic E-state index is -0.274. The summed E-state index contributed by atoms with van der Waals surface area (Å²) < 4.78 is 18.1. The standard InChI is InChI=1S/C14H19FN2O2/c15-11-4-6-12(7-5-11)19-10-2-9-17-14(18)13-3-1-8-16-13/h4-7,13,16H,1-3,8-10H2,(H,17,18). The molecule has 0 aromatic heterocycles. The molecular formula is C14H19FN2O2. The highest BCUT2D eigenvalue weighted by Gasteiger charge is 2.20. The largest absolute Gasteiger partial charge is 0.494 e. The second-order valence-corrected chi connectivity index (χ2v) is 4.60. The van der Waals surface area contributed by atoms with Crippen LogP contribution >= 0.6 is 0 Å². The molecule has 1 heterocycles. The molecule has 0 aliphatic carbocycles. The molecule has 1 aromatic rings. The maximum atomic E-state index is 12.7. The second-order valence-electron chi connectivity index (χ2n) is 4.60. The van der Waals surface area contributed by atoms with Crippen molar-refractivity contribution in [3.8, 4) is 5.75 Å². The van der Waals surface area contributed by atoms with Gasteiger partial charge in [-0.25, -0.2) is 4.39 Å². The zero-order valence-electron chi connectivity index (χ0n) is 10.8. The van der Waals surface area contributed by atoms with Crippen LogP contribution in [0.5, 0.6) is 5.75 Å². The van der Waals surface area contributed by atoms with E-state index < -0.39 is 0 Å². The fourth-order valence-corrected chi connectivity index (χ4v) is 2.04. The van der Waals surface area contributed by atoms with Crippen LogP contribution in [0.2, 0.25) is 0 Å². The Labute approximate surface area is 112 Å². The average Bonchev–Trinajstić information content (AvgIpc) is 2.94. The van der Waals surface area contributed by atoms with Crippen LogP contribution in [0.1, 0.15) is 19.3 Å². The number of nitrogens with one attached hydrogen (secondary N) is 2. The maximum absolute atomic E-state index is 12.7. The van der Waals surface area contributed by atoms with Crippen LogP contribution in [-0.2, 0) is 4.79 Å². The third kappa shape index (κ3) is 4.52. The minimum absolute atomic E-state index is 0.0296. The molecule has 1 aliphatic heterocycles. The molecule has 2 rings (SSSR count). The highest BCUT2D eigenvalue weighted by molar-refractivity contribution is 5.81. The molecule has 2 N–H and O–H groups in total.